The maximum Gasteiger partial charge on any atom is 2.00 e. The van der Waals surface area contributed by atoms with Gasteiger partial charge in [0.2, 0.25) is 0 Å². The number of pyridine rings is 2. The van der Waals surface area contributed by atoms with Gasteiger partial charge in [0.15, 0.2) is 0 Å². The number of carbonyl (C=O) groups is 2. The fourth-order valence-electron chi connectivity index (χ4n) is 2.54. The first kappa shape index (κ1) is 25.1. The Morgan fingerprint density at radius 3 is 1.53 bits per heavy atom. The molecule has 4 aromatic heterocycles. The van der Waals surface area contributed by atoms with Gasteiger partial charge in [0.05, 0.1) is 34.6 Å². The topological polar surface area (TPSA) is 142 Å². The van der Waals surface area contributed by atoms with Gasteiger partial charge in [-0.3, -0.25) is 9.97 Å². The molecule has 0 bridgehead atoms. The Bertz CT molecular complexity index is 1060. The molecule has 0 saturated carbocycles. The molecule has 0 unspecified atom stereocenters. The number of hydrogen-bond acceptors (Lipinski definition) is 6. The molecule has 4 heterocycles. The Kier molecular flexibility index (Phi) is 9.43. The molecule has 0 aliphatic rings. The Morgan fingerprint density at radius 1 is 0.719 bits per heavy atom. The number of aromatic nitrogens is 6. The summed E-state index contributed by atoms with van der Waals surface area (Å²) in [5.74, 6) is -1.06. The molecule has 10 nitrogen and oxygen atoms in total. The molecule has 1 radical (unpaired) electrons. The average molecular weight is 568 g/mol. The summed E-state index contributed by atoms with van der Waals surface area (Å²) in [7, 11) is 0. The summed E-state index contributed by atoms with van der Waals surface area (Å²) < 4.78 is 0. The summed E-state index contributed by atoms with van der Waals surface area (Å²) in [6.45, 7) is 0.0785. The normalized spacial score (nSPS) is 9.88. The van der Waals surface area contributed by atoms with E-state index in [-0.39, 0.29) is 62.0 Å². The van der Waals surface area contributed by atoms with Gasteiger partial charge >= 0.3 is 37.5 Å². The van der Waals surface area contributed by atoms with Gasteiger partial charge in [-0.25, -0.2) is 0 Å². The fourth-order valence-corrected chi connectivity index (χ4v) is 2.54. The number of carbonyl (C=O) groups excluding carboxylic acids is 2. The van der Waals surface area contributed by atoms with Crippen molar-refractivity contribution in [2.75, 3.05) is 13.1 Å². The van der Waals surface area contributed by atoms with Crippen LogP contribution in [0.3, 0.4) is 0 Å². The van der Waals surface area contributed by atoms with Crippen molar-refractivity contribution in [3.05, 3.63) is 82.9 Å². The molecule has 2 amide bonds. The second-order valence-corrected chi connectivity index (χ2v) is 6.03. The van der Waals surface area contributed by atoms with Crippen molar-refractivity contribution >= 4 is 11.8 Å². The Labute approximate surface area is 207 Å². The molecule has 0 atom stereocenters. The van der Waals surface area contributed by atoms with E-state index in [2.05, 4.69) is 41.0 Å². The maximum atomic E-state index is 12.1. The van der Waals surface area contributed by atoms with Crippen LogP contribution in [0.15, 0.2) is 60.9 Å². The molecular weight excluding hydrogens is 554 g/mol. The van der Waals surface area contributed by atoms with Gasteiger partial charge in [-0.15, -0.1) is 13.1 Å². The van der Waals surface area contributed by atoms with E-state index in [4.69, 9.17) is 0 Å². The second kappa shape index (κ2) is 12.0. The van der Waals surface area contributed by atoms with Crippen LogP contribution < -0.4 is 10.2 Å². The van der Waals surface area contributed by atoms with Crippen molar-refractivity contribution in [2.45, 2.75) is 0 Å². The molecule has 0 fully saturated rings. The Hall–Kier alpha value is -3.16. The van der Waals surface area contributed by atoms with Gasteiger partial charge in [-0.2, -0.15) is 0 Å². The molecule has 4 rings (SSSR count). The van der Waals surface area contributed by atoms with E-state index in [9.17, 15) is 9.59 Å². The van der Waals surface area contributed by atoms with Crippen molar-refractivity contribution in [3.63, 3.8) is 0 Å². The number of hydrogen-bond donors (Lipinski definition) is 0. The first-order chi connectivity index (χ1) is 14.7. The zero-order valence-electron chi connectivity index (χ0n) is 16.2. The van der Waals surface area contributed by atoms with E-state index in [0.29, 0.717) is 22.8 Å². The number of amides is 2. The molecule has 32 heavy (non-hydrogen) atoms. The van der Waals surface area contributed by atoms with Crippen LogP contribution in [0.2, 0.25) is 0 Å². The summed E-state index contributed by atoms with van der Waals surface area (Å²) in [5.41, 5.74) is 2.45. The van der Waals surface area contributed by atoms with E-state index >= 15 is 0 Å². The smallest absolute Gasteiger partial charge is 0.652 e. The molecule has 167 valence electrons. The van der Waals surface area contributed by atoms with Crippen LogP contribution in [0.25, 0.3) is 33.4 Å². The van der Waals surface area contributed by atoms with E-state index in [0.717, 1.165) is 0 Å². The van der Waals surface area contributed by atoms with E-state index < -0.39 is 11.8 Å². The SMILES string of the molecule is O=C([N-]CC[N-]C(=O)c1cc(-c2ccccn2)n[n-]1)c1cc(-c2ccccn2)n[n-]1.[Cu+2].[Pd+2]. The fraction of sp³-hybridized carbons (Fsp3) is 0.100. The molecule has 0 saturated heterocycles. The van der Waals surface area contributed by atoms with Gasteiger partial charge in [-0.1, -0.05) is 23.5 Å². The Balaban J connectivity index is 0.00000181. The second-order valence-electron chi connectivity index (χ2n) is 6.03. The molecule has 0 aliphatic carbocycles. The van der Waals surface area contributed by atoms with Crippen LogP contribution in [0.1, 0.15) is 21.0 Å². The molecule has 4 aromatic rings. The van der Waals surface area contributed by atoms with Crippen molar-refractivity contribution in [1.82, 2.24) is 30.4 Å². The predicted octanol–water partition coefficient (Wildman–Crippen LogP) is 2.24. The first-order valence-electron chi connectivity index (χ1n) is 8.98. The minimum atomic E-state index is -0.530. The third-order valence-corrected chi connectivity index (χ3v) is 3.98. The molecule has 12 heteroatoms. The number of nitrogens with zero attached hydrogens (tertiary/aromatic N) is 8. The van der Waals surface area contributed by atoms with Crippen molar-refractivity contribution < 1.29 is 47.1 Å². The standard InChI is InChI=1S/C20H16N8O2.Cu.Pd/c29-19(17-11-15(25-27-17)13-5-1-3-7-21-13)23-9-10-24-20(30)18-12-16(26-28-18)14-6-2-4-8-22-14;;/h1-8,11-12H,9-10H2,(H2-2,21,22,23,24,25,26,27,28,29,30);;/q-2;2*+2/p-2. The van der Waals surface area contributed by atoms with Crippen molar-refractivity contribution in [3.8, 4) is 22.8 Å². The summed E-state index contributed by atoms with van der Waals surface area (Å²) in [4.78, 5) is 32.5. The summed E-state index contributed by atoms with van der Waals surface area (Å²) in [6, 6.07) is 13.8. The predicted molar refractivity (Wildman–Crippen MR) is 107 cm³/mol. The quantitative estimate of drug-likeness (QED) is 0.244. The van der Waals surface area contributed by atoms with Gasteiger partial charge in [-0.05, 0) is 36.4 Å². The zero-order valence-corrected chi connectivity index (χ0v) is 18.7. The van der Waals surface area contributed by atoms with Crippen LogP contribution in [-0.2, 0) is 37.5 Å². The minimum absolute atomic E-state index is 0. The van der Waals surface area contributed by atoms with Crippen LogP contribution in [0.4, 0.5) is 0 Å². The maximum absolute atomic E-state index is 12.1. The summed E-state index contributed by atoms with van der Waals surface area (Å²) >= 11 is 0. The van der Waals surface area contributed by atoms with Crippen molar-refractivity contribution in [2.24, 2.45) is 0 Å². The van der Waals surface area contributed by atoms with Gasteiger partial charge < -0.3 is 40.6 Å². The monoisotopic (exact) mass is 567 g/mol. The minimum Gasteiger partial charge on any atom is -0.652 e. The van der Waals surface area contributed by atoms with E-state index in [1.807, 2.05) is 12.1 Å². The molecule has 0 aliphatic heterocycles. The Morgan fingerprint density at radius 2 is 1.16 bits per heavy atom. The zero-order chi connectivity index (χ0) is 20.8. The van der Waals surface area contributed by atoms with Crippen LogP contribution in [-0.4, -0.2) is 45.1 Å². The van der Waals surface area contributed by atoms with Crippen molar-refractivity contribution in [1.29, 1.82) is 0 Å². The summed E-state index contributed by atoms with van der Waals surface area (Å²) in [6.07, 6.45) is 3.26. The van der Waals surface area contributed by atoms with Crippen LogP contribution in [0, 0.1) is 0 Å². The number of rotatable bonds is 7. The average Bonchev–Trinajstić information content (AvgIpc) is 3.48. The largest absolute Gasteiger partial charge is 2.00 e. The van der Waals surface area contributed by atoms with Gasteiger partial charge in [0.1, 0.15) is 0 Å². The molecular formula is C20H14CuN8O2Pd. The van der Waals surface area contributed by atoms with E-state index in [1.54, 1.807) is 36.7 Å². The molecule has 0 N–H and O–H groups in total. The van der Waals surface area contributed by atoms with Crippen LogP contribution >= 0.6 is 0 Å². The third-order valence-electron chi connectivity index (χ3n) is 3.98. The van der Waals surface area contributed by atoms with Gasteiger partial charge in [0.25, 0.3) is 0 Å². The van der Waals surface area contributed by atoms with Gasteiger partial charge in [0, 0.05) is 12.4 Å². The molecule has 0 aromatic carbocycles. The van der Waals surface area contributed by atoms with Crippen LogP contribution in [0.5, 0.6) is 0 Å². The summed E-state index contributed by atoms with van der Waals surface area (Å²) in [5, 5.41) is 23.3. The first-order valence-corrected chi connectivity index (χ1v) is 8.98. The third kappa shape index (κ3) is 6.18. The molecule has 0 spiro atoms. The van der Waals surface area contributed by atoms with E-state index in [1.165, 1.54) is 12.1 Å².